The molecule has 1 aliphatic heterocycles. The van der Waals surface area contributed by atoms with E-state index >= 15 is 0 Å². The molecule has 2 rings (SSSR count). The SMILES string of the molecule is CC(C#N)C1(C)CNC(c2ccccc2)=N1. The summed E-state index contributed by atoms with van der Waals surface area (Å²) in [7, 11) is 0. The van der Waals surface area contributed by atoms with Crippen molar-refractivity contribution in [3.8, 4) is 6.07 Å². The zero-order valence-electron chi connectivity index (χ0n) is 9.57. The number of nitrogens with zero attached hydrogens (tertiary/aromatic N) is 2. The summed E-state index contributed by atoms with van der Waals surface area (Å²) in [5.41, 5.74) is 0.774. The molecule has 0 saturated carbocycles. The molecule has 2 unspecified atom stereocenters. The molecular formula is C13H15N3. The van der Waals surface area contributed by atoms with Gasteiger partial charge < -0.3 is 5.32 Å². The van der Waals surface area contributed by atoms with Gasteiger partial charge in [0, 0.05) is 12.1 Å². The molecule has 3 heteroatoms. The van der Waals surface area contributed by atoms with Crippen LogP contribution in [-0.2, 0) is 0 Å². The number of hydrogen-bond donors (Lipinski definition) is 1. The highest BCUT2D eigenvalue weighted by Crippen LogP contribution is 2.25. The van der Waals surface area contributed by atoms with Crippen molar-refractivity contribution >= 4 is 5.84 Å². The fourth-order valence-corrected chi connectivity index (χ4v) is 1.75. The van der Waals surface area contributed by atoms with Gasteiger partial charge in [-0.15, -0.1) is 0 Å². The van der Waals surface area contributed by atoms with E-state index in [4.69, 9.17) is 5.26 Å². The maximum Gasteiger partial charge on any atom is 0.129 e. The van der Waals surface area contributed by atoms with Gasteiger partial charge in [0.2, 0.25) is 0 Å². The van der Waals surface area contributed by atoms with Crippen molar-refractivity contribution in [2.75, 3.05) is 6.54 Å². The quantitative estimate of drug-likeness (QED) is 0.816. The lowest BCUT2D eigenvalue weighted by Gasteiger charge is -2.21. The van der Waals surface area contributed by atoms with E-state index in [0.29, 0.717) is 0 Å². The maximum absolute atomic E-state index is 8.97. The topological polar surface area (TPSA) is 48.2 Å². The lowest BCUT2D eigenvalue weighted by Crippen LogP contribution is -2.35. The predicted octanol–water partition coefficient (Wildman–Crippen LogP) is 1.95. The van der Waals surface area contributed by atoms with E-state index in [2.05, 4.69) is 16.4 Å². The highest BCUT2D eigenvalue weighted by molar-refractivity contribution is 6.00. The van der Waals surface area contributed by atoms with E-state index in [1.165, 1.54) is 0 Å². The standard InChI is InChI=1S/C13H15N3/c1-10(8-14)13(2)9-15-12(16-13)11-6-4-3-5-7-11/h3-7,10H,9H2,1-2H3,(H,15,16). The van der Waals surface area contributed by atoms with Crippen LogP contribution < -0.4 is 5.32 Å². The predicted molar refractivity (Wildman–Crippen MR) is 64.2 cm³/mol. The van der Waals surface area contributed by atoms with E-state index in [1.807, 2.05) is 44.2 Å². The minimum absolute atomic E-state index is 0.0822. The molecule has 0 aliphatic carbocycles. The Morgan fingerprint density at radius 2 is 2.12 bits per heavy atom. The molecule has 0 aromatic heterocycles. The van der Waals surface area contributed by atoms with Crippen LogP contribution in [0, 0.1) is 17.2 Å². The Labute approximate surface area is 95.8 Å². The van der Waals surface area contributed by atoms with Gasteiger partial charge in [-0.1, -0.05) is 30.3 Å². The van der Waals surface area contributed by atoms with Gasteiger partial charge in [0.15, 0.2) is 0 Å². The Bertz CT molecular complexity index is 444. The largest absolute Gasteiger partial charge is 0.367 e. The van der Waals surface area contributed by atoms with Crippen LogP contribution in [0.3, 0.4) is 0 Å². The number of rotatable bonds is 2. The summed E-state index contributed by atoms with van der Waals surface area (Å²) in [6.07, 6.45) is 0. The van der Waals surface area contributed by atoms with Crippen molar-refractivity contribution in [3.63, 3.8) is 0 Å². The average Bonchev–Trinajstić information content (AvgIpc) is 2.73. The lowest BCUT2D eigenvalue weighted by molar-refractivity contribution is 0.402. The van der Waals surface area contributed by atoms with Crippen molar-refractivity contribution in [2.24, 2.45) is 10.9 Å². The molecule has 82 valence electrons. The first kappa shape index (κ1) is 10.7. The van der Waals surface area contributed by atoms with Crippen LogP contribution in [0.5, 0.6) is 0 Å². The van der Waals surface area contributed by atoms with Gasteiger partial charge in [0.1, 0.15) is 5.84 Å². The first-order valence-corrected chi connectivity index (χ1v) is 5.44. The van der Waals surface area contributed by atoms with Crippen molar-refractivity contribution in [1.29, 1.82) is 5.26 Å². The van der Waals surface area contributed by atoms with E-state index in [9.17, 15) is 0 Å². The first-order chi connectivity index (χ1) is 7.65. The van der Waals surface area contributed by atoms with Crippen LogP contribution in [0.2, 0.25) is 0 Å². The molecule has 3 nitrogen and oxygen atoms in total. The number of benzene rings is 1. The Morgan fingerprint density at radius 1 is 1.44 bits per heavy atom. The summed E-state index contributed by atoms with van der Waals surface area (Å²) in [6.45, 7) is 4.66. The van der Waals surface area contributed by atoms with Gasteiger partial charge in [-0.3, -0.25) is 4.99 Å². The summed E-state index contributed by atoms with van der Waals surface area (Å²) in [6, 6.07) is 12.3. The highest BCUT2D eigenvalue weighted by Gasteiger charge is 2.35. The summed E-state index contributed by atoms with van der Waals surface area (Å²) in [4.78, 5) is 4.64. The zero-order chi connectivity index (χ0) is 11.6. The van der Waals surface area contributed by atoms with Crippen molar-refractivity contribution in [3.05, 3.63) is 35.9 Å². The second-order valence-corrected chi connectivity index (χ2v) is 4.39. The Hall–Kier alpha value is -1.82. The second kappa shape index (κ2) is 3.97. The molecule has 1 aromatic rings. The van der Waals surface area contributed by atoms with Crippen molar-refractivity contribution in [1.82, 2.24) is 5.32 Å². The number of nitrogens with one attached hydrogen (secondary N) is 1. The summed E-state index contributed by atoms with van der Waals surface area (Å²) in [5.74, 6) is 0.811. The normalized spacial score (nSPS) is 25.4. The average molecular weight is 213 g/mol. The maximum atomic E-state index is 8.97. The van der Waals surface area contributed by atoms with Crippen LogP contribution in [-0.4, -0.2) is 17.9 Å². The number of aliphatic imine (C=N–C) groups is 1. The smallest absolute Gasteiger partial charge is 0.129 e. The Morgan fingerprint density at radius 3 is 2.75 bits per heavy atom. The number of hydrogen-bond acceptors (Lipinski definition) is 3. The molecule has 2 atom stereocenters. The molecule has 0 amide bonds. The van der Waals surface area contributed by atoms with E-state index < -0.39 is 0 Å². The van der Waals surface area contributed by atoms with Crippen molar-refractivity contribution in [2.45, 2.75) is 19.4 Å². The summed E-state index contributed by atoms with van der Waals surface area (Å²) in [5, 5.41) is 12.2. The van der Waals surface area contributed by atoms with E-state index in [0.717, 1.165) is 17.9 Å². The van der Waals surface area contributed by atoms with E-state index in [-0.39, 0.29) is 11.5 Å². The minimum Gasteiger partial charge on any atom is -0.367 e. The molecule has 1 heterocycles. The summed E-state index contributed by atoms with van der Waals surface area (Å²) < 4.78 is 0. The van der Waals surface area contributed by atoms with Crippen LogP contribution in [0.4, 0.5) is 0 Å². The summed E-state index contributed by atoms with van der Waals surface area (Å²) >= 11 is 0. The second-order valence-electron chi connectivity index (χ2n) is 4.39. The van der Waals surface area contributed by atoms with Crippen LogP contribution in [0.25, 0.3) is 0 Å². The molecule has 0 fully saturated rings. The Balaban J connectivity index is 2.29. The number of nitriles is 1. The molecule has 0 spiro atoms. The molecule has 1 N–H and O–H groups in total. The van der Waals surface area contributed by atoms with Gasteiger partial charge in [-0.05, 0) is 13.8 Å². The molecule has 0 radical (unpaired) electrons. The fourth-order valence-electron chi connectivity index (χ4n) is 1.75. The molecule has 0 bridgehead atoms. The third-order valence-corrected chi connectivity index (χ3v) is 3.15. The van der Waals surface area contributed by atoms with Crippen LogP contribution >= 0.6 is 0 Å². The fraction of sp³-hybridized carbons (Fsp3) is 0.385. The van der Waals surface area contributed by atoms with Gasteiger partial charge in [0.05, 0.1) is 17.5 Å². The lowest BCUT2D eigenvalue weighted by atomic mass is 9.89. The molecule has 16 heavy (non-hydrogen) atoms. The van der Waals surface area contributed by atoms with Crippen molar-refractivity contribution < 1.29 is 0 Å². The molecule has 1 aromatic carbocycles. The van der Waals surface area contributed by atoms with Crippen LogP contribution in [0.15, 0.2) is 35.3 Å². The molecule has 1 aliphatic rings. The zero-order valence-corrected chi connectivity index (χ0v) is 9.57. The van der Waals surface area contributed by atoms with Gasteiger partial charge in [0.25, 0.3) is 0 Å². The minimum atomic E-state index is -0.306. The van der Waals surface area contributed by atoms with Gasteiger partial charge in [-0.2, -0.15) is 5.26 Å². The third kappa shape index (κ3) is 1.79. The monoisotopic (exact) mass is 213 g/mol. The molecular weight excluding hydrogens is 198 g/mol. The first-order valence-electron chi connectivity index (χ1n) is 5.44. The van der Waals surface area contributed by atoms with Gasteiger partial charge in [-0.25, -0.2) is 0 Å². The van der Waals surface area contributed by atoms with Gasteiger partial charge >= 0.3 is 0 Å². The Kier molecular flexibility index (Phi) is 2.66. The highest BCUT2D eigenvalue weighted by atomic mass is 15.1. The number of amidine groups is 1. The van der Waals surface area contributed by atoms with E-state index in [1.54, 1.807) is 0 Å². The van der Waals surface area contributed by atoms with Crippen LogP contribution in [0.1, 0.15) is 19.4 Å². The molecule has 0 saturated heterocycles. The third-order valence-electron chi connectivity index (χ3n) is 3.15.